The first kappa shape index (κ1) is 18.5. The van der Waals surface area contributed by atoms with Crippen LogP contribution in [0.4, 0.5) is 5.69 Å². The van der Waals surface area contributed by atoms with Crippen LogP contribution < -0.4 is 5.32 Å². The quantitative estimate of drug-likeness (QED) is 0.897. The predicted octanol–water partition coefficient (Wildman–Crippen LogP) is 1.98. The van der Waals surface area contributed by atoms with E-state index in [-0.39, 0.29) is 17.5 Å². The standard InChI is InChI=1S/C20H21N5O2/c1-2-24-8-10-25(11-9-24)20(27)18-13-16(6-7-22-18)19(26)23-17-5-3-4-15(12-17)14-21/h3-7,12-13H,2,8-11H2,1H3,(H,23,26). The molecule has 2 heterocycles. The number of likely N-dealkylation sites (N-methyl/N-ethyl adjacent to an activating group) is 1. The van der Waals surface area contributed by atoms with Crippen LogP contribution in [-0.2, 0) is 0 Å². The van der Waals surface area contributed by atoms with Crippen molar-refractivity contribution in [2.75, 3.05) is 38.0 Å². The number of carbonyl (C=O) groups is 2. The van der Waals surface area contributed by atoms with E-state index >= 15 is 0 Å². The van der Waals surface area contributed by atoms with Gasteiger partial charge in [0.15, 0.2) is 0 Å². The van der Waals surface area contributed by atoms with Crippen molar-refractivity contribution >= 4 is 17.5 Å². The van der Waals surface area contributed by atoms with E-state index in [0.29, 0.717) is 29.9 Å². The molecule has 0 radical (unpaired) electrons. The van der Waals surface area contributed by atoms with Crippen molar-refractivity contribution in [3.8, 4) is 6.07 Å². The number of amides is 2. The molecule has 7 nitrogen and oxygen atoms in total. The molecule has 1 aliphatic heterocycles. The van der Waals surface area contributed by atoms with Crippen LogP contribution in [0.15, 0.2) is 42.6 Å². The van der Waals surface area contributed by atoms with E-state index in [1.54, 1.807) is 35.2 Å². The van der Waals surface area contributed by atoms with E-state index in [9.17, 15) is 9.59 Å². The average molecular weight is 363 g/mol. The second kappa shape index (κ2) is 8.43. The van der Waals surface area contributed by atoms with Crippen molar-refractivity contribution in [3.05, 3.63) is 59.4 Å². The van der Waals surface area contributed by atoms with Gasteiger partial charge in [-0.05, 0) is 36.9 Å². The Hall–Kier alpha value is -3.24. The highest BCUT2D eigenvalue weighted by Crippen LogP contribution is 2.13. The second-order valence-electron chi connectivity index (χ2n) is 6.30. The Kier molecular flexibility index (Phi) is 5.79. The molecule has 0 unspecified atom stereocenters. The number of hydrogen-bond acceptors (Lipinski definition) is 5. The van der Waals surface area contributed by atoms with E-state index in [1.807, 2.05) is 6.07 Å². The van der Waals surface area contributed by atoms with E-state index in [2.05, 4.69) is 22.1 Å². The van der Waals surface area contributed by atoms with Gasteiger partial charge < -0.3 is 15.1 Å². The molecule has 0 aliphatic carbocycles. The maximum atomic E-state index is 12.7. The van der Waals surface area contributed by atoms with Crippen LogP contribution in [0.25, 0.3) is 0 Å². The monoisotopic (exact) mass is 363 g/mol. The van der Waals surface area contributed by atoms with E-state index < -0.39 is 0 Å². The number of nitrogens with one attached hydrogen (secondary N) is 1. The molecule has 3 rings (SSSR count). The lowest BCUT2D eigenvalue weighted by atomic mass is 10.1. The zero-order valence-electron chi connectivity index (χ0n) is 15.2. The highest BCUT2D eigenvalue weighted by molar-refractivity contribution is 6.05. The first-order chi connectivity index (χ1) is 13.1. The Balaban J connectivity index is 1.70. The highest BCUT2D eigenvalue weighted by atomic mass is 16.2. The van der Waals surface area contributed by atoms with Gasteiger partial charge in [-0.2, -0.15) is 5.26 Å². The summed E-state index contributed by atoms with van der Waals surface area (Å²) in [6.07, 6.45) is 1.47. The summed E-state index contributed by atoms with van der Waals surface area (Å²) in [5.41, 5.74) is 1.60. The number of aromatic nitrogens is 1. The number of carbonyl (C=O) groups excluding carboxylic acids is 2. The molecule has 0 spiro atoms. The summed E-state index contributed by atoms with van der Waals surface area (Å²) < 4.78 is 0. The minimum absolute atomic E-state index is 0.160. The molecule has 27 heavy (non-hydrogen) atoms. The fourth-order valence-corrected chi connectivity index (χ4v) is 2.99. The SMILES string of the molecule is CCN1CCN(C(=O)c2cc(C(=O)Nc3cccc(C#N)c3)ccn2)CC1. The lowest BCUT2D eigenvalue weighted by molar-refractivity contribution is 0.0637. The zero-order chi connectivity index (χ0) is 19.2. The molecule has 1 saturated heterocycles. The molecule has 1 aromatic heterocycles. The third kappa shape index (κ3) is 4.49. The third-order valence-electron chi connectivity index (χ3n) is 4.60. The largest absolute Gasteiger partial charge is 0.335 e. The van der Waals surface area contributed by atoms with E-state index in [4.69, 9.17) is 5.26 Å². The summed E-state index contributed by atoms with van der Waals surface area (Å²) in [6, 6.07) is 11.8. The van der Waals surface area contributed by atoms with Crippen LogP contribution in [0, 0.1) is 11.3 Å². The number of nitrogens with zero attached hydrogens (tertiary/aromatic N) is 4. The molecule has 0 saturated carbocycles. The Morgan fingerprint density at radius 2 is 1.96 bits per heavy atom. The van der Waals surface area contributed by atoms with Crippen molar-refractivity contribution < 1.29 is 9.59 Å². The van der Waals surface area contributed by atoms with Crippen molar-refractivity contribution in [1.82, 2.24) is 14.8 Å². The minimum atomic E-state index is -0.350. The third-order valence-corrected chi connectivity index (χ3v) is 4.60. The molecule has 1 aliphatic rings. The van der Waals surface area contributed by atoms with Crippen LogP contribution >= 0.6 is 0 Å². The van der Waals surface area contributed by atoms with Crippen molar-refractivity contribution in [2.24, 2.45) is 0 Å². The predicted molar refractivity (Wildman–Crippen MR) is 101 cm³/mol. The Bertz CT molecular complexity index is 882. The van der Waals surface area contributed by atoms with Gasteiger partial charge in [-0.3, -0.25) is 14.6 Å². The molecule has 2 aromatic rings. The van der Waals surface area contributed by atoms with Crippen LogP contribution in [-0.4, -0.2) is 59.3 Å². The molecule has 138 valence electrons. The number of benzene rings is 1. The topological polar surface area (TPSA) is 89.3 Å². The lowest BCUT2D eigenvalue weighted by Crippen LogP contribution is -2.48. The smallest absolute Gasteiger partial charge is 0.272 e. The maximum Gasteiger partial charge on any atom is 0.272 e. The Labute approximate surface area is 158 Å². The van der Waals surface area contributed by atoms with Gasteiger partial charge >= 0.3 is 0 Å². The van der Waals surface area contributed by atoms with Gasteiger partial charge in [0.05, 0.1) is 11.6 Å². The van der Waals surface area contributed by atoms with Gasteiger partial charge in [-0.25, -0.2) is 0 Å². The summed E-state index contributed by atoms with van der Waals surface area (Å²) >= 11 is 0. The summed E-state index contributed by atoms with van der Waals surface area (Å²) in [5.74, 6) is -0.510. The van der Waals surface area contributed by atoms with Crippen molar-refractivity contribution in [3.63, 3.8) is 0 Å². The number of piperazine rings is 1. The highest BCUT2D eigenvalue weighted by Gasteiger charge is 2.23. The summed E-state index contributed by atoms with van der Waals surface area (Å²) in [5, 5.41) is 11.7. The van der Waals surface area contributed by atoms with Gasteiger partial charge in [0, 0.05) is 43.6 Å². The zero-order valence-corrected chi connectivity index (χ0v) is 15.2. The van der Waals surface area contributed by atoms with Gasteiger partial charge in [-0.1, -0.05) is 13.0 Å². The summed E-state index contributed by atoms with van der Waals surface area (Å²) in [7, 11) is 0. The lowest BCUT2D eigenvalue weighted by Gasteiger charge is -2.33. The fourth-order valence-electron chi connectivity index (χ4n) is 2.99. The molecule has 7 heteroatoms. The number of rotatable bonds is 4. The fraction of sp³-hybridized carbons (Fsp3) is 0.300. The summed E-state index contributed by atoms with van der Waals surface area (Å²) in [6.45, 7) is 6.09. The normalized spacial score (nSPS) is 14.4. The summed E-state index contributed by atoms with van der Waals surface area (Å²) in [4.78, 5) is 33.4. The molecule has 1 N–H and O–H groups in total. The van der Waals surface area contributed by atoms with Gasteiger partial charge in [0.2, 0.25) is 0 Å². The Morgan fingerprint density at radius 1 is 1.19 bits per heavy atom. The van der Waals surface area contributed by atoms with Crippen molar-refractivity contribution in [1.29, 1.82) is 5.26 Å². The van der Waals surface area contributed by atoms with E-state index in [0.717, 1.165) is 19.6 Å². The van der Waals surface area contributed by atoms with Crippen LogP contribution in [0.3, 0.4) is 0 Å². The maximum absolute atomic E-state index is 12.7. The van der Waals surface area contributed by atoms with Crippen LogP contribution in [0.5, 0.6) is 0 Å². The first-order valence-electron chi connectivity index (χ1n) is 8.90. The molecular formula is C20H21N5O2. The molecule has 0 atom stereocenters. The Morgan fingerprint density at radius 3 is 2.67 bits per heavy atom. The van der Waals surface area contributed by atoms with Crippen LogP contribution in [0.1, 0.15) is 33.3 Å². The number of pyridine rings is 1. The molecular weight excluding hydrogens is 342 g/mol. The van der Waals surface area contributed by atoms with E-state index in [1.165, 1.54) is 12.3 Å². The number of nitriles is 1. The average Bonchev–Trinajstić information content (AvgIpc) is 2.73. The molecule has 0 bridgehead atoms. The number of hydrogen-bond donors (Lipinski definition) is 1. The second-order valence-corrected chi connectivity index (χ2v) is 6.30. The molecule has 1 fully saturated rings. The first-order valence-corrected chi connectivity index (χ1v) is 8.90. The number of anilines is 1. The minimum Gasteiger partial charge on any atom is -0.335 e. The van der Waals surface area contributed by atoms with Gasteiger partial charge in [0.1, 0.15) is 5.69 Å². The van der Waals surface area contributed by atoms with Crippen molar-refractivity contribution in [2.45, 2.75) is 6.92 Å². The van der Waals surface area contributed by atoms with Crippen LogP contribution in [0.2, 0.25) is 0 Å². The van der Waals surface area contributed by atoms with Gasteiger partial charge in [-0.15, -0.1) is 0 Å². The molecule has 2 amide bonds. The molecule has 1 aromatic carbocycles. The van der Waals surface area contributed by atoms with Gasteiger partial charge in [0.25, 0.3) is 11.8 Å².